The fraction of sp³-hybridized carbons (Fsp3) is 0.483. The number of aryl methyl sites for hydroxylation is 1. The van der Waals surface area contributed by atoms with Gasteiger partial charge in [0.1, 0.15) is 0 Å². The number of imidazole rings is 2. The molecule has 4 aromatic rings. The summed E-state index contributed by atoms with van der Waals surface area (Å²) in [6.45, 7) is 13.3. The molecule has 1 aliphatic heterocycles. The third-order valence-corrected chi connectivity index (χ3v) is 11.6. The van der Waals surface area contributed by atoms with E-state index in [-0.39, 0.29) is 10.6 Å². The van der Waals surface area contributed by atoms with E-state index in [9.17, 15) is 13.2 Å². The van der Waals surface area contributed by atoms with Crippen LogP contribution >= 0.6 is 0 Å². The van der Waals surface area contributed by atoms with Crippen LogP contribution in [0, 0.1) is 6.92 Å². The highest BCUT2D eigenvalue weighted by Gasteiger charge is 2.33. The molecular formula is C29H36F3N6OSi. The Kier molecular flexibility index (Phi) is 7.80. The maximum atomic E-state index is 13.8. The maximum absolute atomic E-state index is 13.8. The third kappa shape index (κ3) is 5.81. The first-order chi connectivity index (χ1) is 18.9. The lowest BCUT2D eigenvalue weighted by Gasteiger charge is -2.28. The van der Waals surface area contributed by atoms with Gasteiger partial charge in [-0.25, -0.2) is 14.5 Å². The lowest BCUT2D eigenvalue weighted by atomic mass is 9.97. The minimum Gasteiger partial charge on any atom is -0.378 e. The summed E-state index contributed by atoms with van der Waals surface area (Å²) in [6.07, 6.45) is 0.0243. The van der Waals surface area contributed by atoms with Gasteiger partial charge >= 0.3 is 6.18 Å². The van der Waals surface area contributed by atoms with Crippen LogP contribution in [0.15, 0.2) is 36.8 Å². The number of benzene rings is 1. The molecule has 1 fully saturated rings. The van der Waals surface area contributed by atoms with E-state index in [0.717, 1.165) is 47.0 Å². The van der Waals surface area contributed by atoms with E-state index in [0.29, 0.717) is 43.9 Å². The Hall–Kier alpha value is -3.18. The molecule has 0 unspecified atom stereocenters. The van der Waals surface area contributed by atoms with Crippen molar-refractivity contribution in [2.24, 2.45) is 0 Å². The molecule has 7 nitrogen and oxygen atoms in total. The predicted octanol–water partition coefficient (Wildman–Crippen LogP) is 6.34. The van der Waals surface area contributed by atoms with E-state index >= 15 is 0 Å². The van der Waals surface area contributed by atoms with Gasteiger partial charge in [-0.3, -0.25) is 0 Å². The van der Waals surface area contributed by atoms with E-state index in [1.54, 1.807) is 25.5 Å². The summed E-state index contributed by atoms with van der Waals surface area (Å²) in [7, 11) is -0.696. The van der Waals surface area contributed by atoms with Crippen LogP contribution in [0.2, 0.25) is 17.6 Å². The Balaban J connectivity index is 1.68. The molecule has 0 atom stereocenters. The number of ether oxygens (including phenoxy) is 1. The van der Waals surface area contributed by atoms with Gasteiger partial charge in [0.25, 0.3) is 0 Å². The third-order valence-electron chi connectivity index (χ3n) is 8.00. The van der Waals surface area contributed by atoms with E-state index in [1.807, 2.05) is 10.6 Å². The molecule has 5 rings (SSSR count). The molecule has 1 saturated heterocycles. The molecule has 1 radical (unpaired) electrons. The van der Waals surface area contributed by atoms with Gasteiger partial charge in [-0.15, -0.1) is 5.10 Å². The van der Waals surface area contributed by atoms with Gasteiger partial charge in [-0.2, -0.15) is 13.2 Å². The van der Waals surface area contributed by atoms with Gasteiger partial charge in [-0.05, 0) is 41.6 Å². The van der Waals surface area contributed by atoms with Crippen molar-refractivity contribution >= 4 is 20.3 Å². The molecule has 1 aliphatic rings. The minimum absolute atomic E-state index is 0.227. The van der Waals surface area contributed by atoms with Gasteiger partial charge in [0, 0.05) is 25.1 Å². The zero-order valence-corrected chi connectivity index (χ0v) is 24.7. The highest BCUT2D eigenvalue weighted by molar-refractivity contribution is 6.60. The summed E-state index contributed by atoms with van der Waals surface area (Å²) < 4.78 is 48.7. The van der Waals surface area contributed by atoms with E-state index < -0.39 is 20.5 Å². The Morgan fingerprint density at radius 1 is 1.12 bits per heavy atom. The fourth-order valence-electron chi connectivity index (χ4n) is 5.07. The number of hydrogen-bond donors (Lipinski definition) is 1. The van der Waals surface area contributed by atoms with Crippen LogP contribution in [-0.4, -0.2) is 59.7 Å². The fourth-order valence-corrected chi connectivity index (χ4v) is 6.43. The molecule has 213 valence electrons. The summed E-state index contributed by atoms with van der Waals surface area (Å²) in [6, 6.07) is 7.44. The van der Waals surface area contributed by atoms with Crippen molar-refractivity contribution in [3.63, 3.8) is 0 Å². The topological polar surface area (TPSA) is 71.3 Å². The number of aromatic nitrogens is 5. The van der Waals surface area contributed by atoms with Crippen LogP contribution in [0.3, 0.4) is 0 Å². The van der Waals surface area contributed by atoms with Gasteiger partial charge < -0.3 is 14.6 Å². The Morgan fingerprint density at radius 2 is 1.88 bits per heavy atom. The molecule has 0 bridgehead atoms. The van der Waals surface area contributed by atoms with Gasteiger partial charge in [0.05, 0.1) is 57.2 Å². The lowest BCUT2D eigenvalue weighted by molar-refractivity contribution is -0.138. The second-order valence-electron chi connectivity index (χ2n) is 11.5. The van der Waals surface area contributed by atoms with Crippen molar-refractivity contribution < 1.29 is 17.9 Å². The molecule has 0 amide bonds. The number of H-pyrrole nitrogens is 1. The highest BCUT2D eigenvalue weighted by Crippen LogP contribution is 2.35. The van der Waals surface area contributed by atoms with Gasteiger partial charge in [0.2, 0.25) is 0 Å². The first-order valence-electron chi connectivity index (χ1n) is 13.6. The number of halogens is 3. The number of hydrogen-bond acceptors (Lipinski definition) is 5. The molecule has 4 heterocycles. The number of anilines is 1. The van der Waals surface area contributed by atoms with Crippen LogP contribution in [-0.2, 0) is 23.8 Å². The maximum Gasteiger partial charge on any atom is 0.416 e. The van der Waals surface area contributed by atoms with Crippen LogP contribution in [0.4, 0.5) is 19.0 Å². The first kappa shape index (κ1) is 28.3. The van der Waals surface area contributed by atoms with Crippen molar-refractivity contribution in [2.75, 3.05) is 31.2 Å². The molecule has 0 aliphatic carbocycles. The van der Waals surface area contributed by atoms with Crippen molar-refractivity contribution in [3.8, 4) is 11.3 Å². The summed E-state index contributed by atoms with van der Waals surface area (Å²) in [5.74, 6) is 0.779. The standard InChI is InChI=1S/C29H36F3N6OSi/c1-19-20(7-6-8-22(19)29(30,31)32)15-25-23(9-14-40(5)28(2,3)4)35-27-21(24-17-33-18-34-24)16-26(36-38(25)27)37-10-12-39-13-11-37/h6-8,16-18H,9-15H2,1-5H3,(H,33,34). The zero-order chi connectivity index (χ0) is 28.7. The monoisotopic (exact) mass is 569 g/mol. The van der Waals surface area contributed by atoms with Crippen LogP contribution < -0.4 is 4.90 Å². The first-order valence-corrected chi connectivity index (χ1v) is 15.9. The molecular weight excluding hydrogens is 533 g/mol. The number of nitrogens with one attached hydrogen (secondary N) is 1. The average Bonchev–Trinajstić information content (AvgIpc) is 3.56. The van der Waals surface area contributed by atoms with Crippen molar-refractivity contribution in [2.45, 2.75) is 64.3 Å². The SMILES string of the molecule is Cc1c(Cc2c(CC[Si](C)C(C)(C)C)nc3c(-c4cnc[nH]4)cc(N4CCOCC4)nn23)cccc1C(F)(F)F. The molecule has 0 saturated carbocycles. The van der Waals surface area contributed by atoms with Crippen molar-refractivity contribution in [1.82, 2.24) is 24.6 Å². The smallest absolute Gasteiger partial charge is 0.378 e. The number of nitrogens with zero attached hydrogens (tertiary/aromatic N) is 5. The van der Waals surface area contributed by atoms with Crippen LogP contribution in [0.25, 0.3) is 16.9 Å². The molecule has 1 N–H and O–H groups in total. The van der Waals surface area contributed by atoms with Crippen molar-refractivity contribution in [1.29, 1.82) is 0 Å². The quantitative estimate of drug-likeness (QED) is 0.263. The van der Waals surface area contributed by atoms with Crippen LogP contribution in [0.1, 0.15) is 48.8 Å². The summed E-state index contributed by atoms with van der Waals surface area (Å²) in [4.78, 5) is 14.7. The molecule has 1 aromatic carbocycles. The Bertz CT molecular complexity index is 1470. The molecule has 0 spiro atoms. The zero-order valence-electron chi connectivity index (χ0n) is 23.7. The number of rotatable bonds is 7. The Morgan fingerprint density at radius 3 is 2.52 bits per heavy atom. The number of fused-ring (bicyclic) bond motifs is 1. The number of aromatic amines is 1. The summed E-state index contributed by atoms with van der Waals surface area (Å²) >= 11 is 0. The number of alkyl halides is 3. The molecule has 3 aromatic heterocycles. The van der Waals surface area contributed by atoms with E-state index in [1.165, 1.54) is 6.07 Å². The molecule has 11 heteroatoms. The van der Waals surface area contributed by atoms with E-state index in [2.05, 4.69) is 42.2 Å². The summed E-state index contributed by atoms with van der Waals surface area (Å²) in [5, 5.41) is 5.27. The highest BCUT2D eigenvalue weighted by atomic mass is 28.3. The second kappa shape index (κ2) is 11.0. The van der Waals surface area contributed by atoms with Crippen LogP contribution in [0.5, 0.6) is 0 Å². The lowest BCUT2D eigenvalue weighted by Crippen LogP contribution is -2.37. The predicted molar refractivity (Wildman–Crippen MR) is 152 cm³/mol. The number of morpholine rings is 1. The summed E-state index contributed by atoms with van der Waals surface area (Å²) in [5.41, 5.74) is 4.33. The van der Waals surface area contributed by atoms with Gasteiger partial charge in [-0.1, -0.05) is 45.5 Å². The largest absolute Gasteiger partial charge is 0.416 e. The average molecular weight is 570 g/mol. The normalized spacial score (nSPS) is 15.0. The van der Waals surface area contributed by atoms with E-state index in [4.69, 9.17) is 14.8 Å². The van der Waals surface area contributed by atoms with Crippen molar-refractivity contribution in [3.05, 3.63) is 64.9 Å². The second-order valence-corrected chi connectivity index (χ2v) is 15.1. The van der Waals surface area contributed by atoms with Gasteiger partial charge in [0.15, 0.2) is 11.5 Å². The Labute approximate surface area is 234 Å². The minimum atomic E-state index is -4.41. The molecule has 40 heavy (non-hydrogen) atoms.